The molecule has 1 atom stereocenters. The van der Waals surface area contributed by atoms with E-state index in [1.165, 1.54) is 19.1 Å². The highest BCUT2D eigenvalue weighted by atomic mass is 19.2. The van der Waals surface area contributed by atoms with E-state index in [0.717, 1.165) is 11.6 Å². The van der Waals surface area contributed by atoms with Crippen molar-refractivity contribution in [2.24, 2.45) is 0 Å². The van der Waals surface area contributed by atoms with Crippen LogP contribution in [0.15, 0.2) is 36.4 Å². The molecule has 0 spiro atoms. The molecule has 0 aromatic heterocycles. The maximum Gasteiger partial charge on any atom is 0.338 e. The first kappa shape index (κ1) is 23.7. The van der Waals surface area contributed by atoms with Gasteiger partial charge in [0.1, 0.15) is 0 Å². The van der Waals surface area contributed by atoms with E-state index in [0.29, 0.717) is 6.07 Å². The maximum absolute atomic E-state index is 13.7. The highest BCUT2D eigenvalue weighted by Crippen LogP contribution is 2.20. The van der Waals surface area contributed by atoms with E-state index in [1.807, 2.05) is 19.2 Å². The summed E-state index contributed by atoms with van der Waals surface area (Å²) in [6.45, 7) is 5.15. The second-order valence-electron chi connectivity index (χ2n) is 6.94. The van der Waals surface area contributed by atoms with E-state index >= 15 is 0 Å². The number of hydrogen-bond acceptors (Lipinski definition) is 4. The van der Waals surface area contributed by atoms with Gasteiger partial charge in [0.05, 0.1) is 11.3 Å². The zero-order chi connectivity index (χ0) is 23.1. The number of halogens is 3. The minimum Gasteiger partial charge on any atom is -0.449 e. The van der Waals surface area contributed by atoms with Gasteiger partial charge >= 0.3 is 12.0 Å². The average molecular weight is 437 g/mol. The Morgan fingerprint density at radius 3 is 2.19 bits per heavy atom. The molecular weight excluding hydrogens is 415 g/mol. The van der Waals surface area contributed by atoms with E-state index in [1.54, 1.807) is 12.1 Å². The number of hydrogen-bond donors (Lipinski definition) is 3. The fraction of sp³-hybridized carbons (Fsp3) is 0.286. The number of rotatable bonds is 7. The SMILES string of the molecule is CC(C)NC(=O)NCc1ccc(C(=O)O[C@@H](C)C(=O)Nc2ccc(F)c(F)c2F)cc1. The first-order valence-electron chi connectivity index (χ1n) is 9.37. The van der Waals surface area contributed by atoms with Crippen LogP contribution in [-0.2, 0) is 16.1 Å². The predicted octanol–water partition coefficient (Wildman–Crippen LogP) is 3.50. The largest absolute Gasteiger partial charge is 0.449 e. The zero-order valence-corrected chi connectivity index (χ0v) is 17.1. The first-order valence-corrected chi connectivity index (χ1v) is 9.37. The molecular formula is C21H22F3N3O4. The number of carbonyl (C=O) groups is 3. The molecule has 0 aliphatic heterocycles. The topological polar surface area (TPSA) is 96.5 Å². The summed E-state index contributed by atoms with van der Waals surface area (Å²) < 4.78 is 44.9. The van der Waals surface area contributed by atoms with Crippen molar-refractivity contribution in [2.45, 2.75) is 39.5 Å². The number of urea groups is 1. The molecule has 3 N–H and O–H groups in total. The Morgan fingerprint density at radius 2 is 1.58 bits per heavy atom. The van der Waals surface area contributed by atoms with Crippen LogP contribution in [0.25, 0.3) is 0 Å². The second kappa shape index (κ2) is 10.5. The smallest absolute Gasteiger partial charge is 0.338 e. The molecule has 7 nitrogen and oxygen atoms in total. The molecule has 31 heavy (non-hydrogen) atoms. The number of ether oxygens (including phenoxy) is 1. The lowest BCUT2D eigenvalue weighted by Crippen LogP contribution is -2.39. The van der Waals surface area contributed by atoms with Crippen molar-refractivity contribution in [1.29, 1.82) is 0 Å². The second-order valence-corrected chi connectivity index (χ2v) is 6.94. The summed E-state index contributed by atoms with van der Waals surface area (Å²) in [6, 6.07) is 7.31. The summed E-state index contributed by atoms with van der Waals surface area (Å²) >= 11 is 0. The summed E-state index contributed by atoms with van der Waals surface area (Å²) in [5.74, 6) is -6.41. The number of carbonyl (C=O) groups excluding carboxylic acids is 3. The minimum absolute atomic E-state index is 0.00471. The molecule has 0 aliphatic carbocycles. The lowest BCUT2D eigenvalue weighted by Gasteiger charge is -2.14. The summed E-state index contributed by atoms with van der Waals surface area (Å²) in [5, 5.41) is 7.38. The van der Waals surface area contributed by atoms with E-state index in [4.69, 9.17) is 4.74 Å². The van der Waals surface area contributed by atoms with Gasteiger partial charge in [-0.2, -0.15) is 0 Å². The standard InChI is InChI=1S/C21H22F3N3O4/c1-11(2)26-21(30)25-10-13-4-6-14(7-5-13)20(29)31-12(3)19(28)27-16-9-8-15(22)17(23)18(16)24/h4-9,11-12H,10H2,1-3H3,(H,27,28)(H2,25,26,30)/t12-/m0/s1. The Hall–Kier alpha value is -3.56. The van der Waals surface area contributed by atoms with Crippen LogP contribution in [0.3, 0.4) is 0 Å². The lowest BCUT2D eigenvalue weighted by atomic mass is 10.1. The third-order valence-electron chi connectivity index (χ3n) is 4.01. The van der Waals surface area contributed by atoms with Crippen LogP contribution in [0, 0.1) is 17.5 Å². The van der Waals surface area contributed by atoms with Gasteiger partial charge < -0.3 is 20.7 Å². The fourth-order valence-corrected chi connectivity index (χ4v) is 2.39. The van der Waals surface area contributed by atoms with Gasteiger partial charge in [-0.3, -0.25) is 4.79 Å². The number of benzene rings is 2. The monoisotopic (exact) mass is 437 g/mol. The van der Waals surface area contributed by atoms with Crippen LogP contribution in [0.1, 0.15) is 36.7 Å². The number of esters is 1. The van der Waals surface area contributed by atoms with Crippen LogP contribution in [0.5, 0.6) is 0 Å². The molecule has 0 unspecified atom stereocenters. The van der Waals surface area contributed by atoms with Gasteiger partial charge in [0.15, 0.2) is 23.6 Å². The molecule has 3 amide bonds. The van der Waals surface area contributed by atoms with E-state index in [-0.39, 0.29) is 24.2 Å². The molecule has 10 heteroatoms. The molecule has 0 saturated heterocycles. The summed E-state index contributed by atoms with van der Waals surface area (Å²) in [4.78, 5) is 35.9. The first-order chi connectivity index (χ1) is 14.6. The van der Waals surface area contributed by atoms with E-state index in [2.05, 4.69) is 10.6 Å². The van der Waals surface area contributed by atoms with Crippen LogP contribution in [0.2, 0.25) is 0 Å². The van der Waals surface area contributed by atoms with Gasteiger partial charge in [0, 0.05) is 12.6 Å². The molecule has 0 saturated carbocycles. The Bertz CT molecular complexity index is 965. The van der Waals surface area contributed by atoms with Gasteiger partial charge in [-0.05, 0) is 50.6 Å². The van der Waals surface area contributed by atoms with Crippen molar-refractivity contribution in [3.63, 3.8) is 0 Å². The third kappa shape index (κ3) is 6.73. The maximum atomic E-state index is 13.7. The van der Waals surface area contributed by atoms with Gasteiger partial charge in [-0.1, -0.05) is 12.1 Å². The Labute approximate surface area is 177 Å². The molecule has 0 radical (unpaired) electrons. The van der Waals surface area contributed by atoms with Crippen molar-refractivity contribution < 1.29 is 32.3 Å². The van der Waals surface area contributed by atoms with Crippen LogP contribution < -0.4 is 16.0 Å². The van der Waals surface area contributed by atoms with Crippen LogP contribution >= 0.6 is 0 Å². The van der Waals surface area contributed by atoms with Crippen molar-refractivity contribution in [3.8, 4) is 0 Å². The van der Waals surface area contributed by atoms with E-state index < -0.39 is 41.1 Å². The molecule has 2 aromatic rings. The van der Waals surface area contributed by atoms with Gasteiger partial charge in [-0.25, -0.2) is 22.8 Å². The highest BCUT2D eigenvalue weighted by Gasteiger charge is 2.22. The van der Waals surface area contributed by atoms with Crippen LogP contribution in [0.4, 0.5) is 23.7 Å². The van der Waals surface area contributed by atoms with Crippen molar-refractivity contribution in [2.75, 3.05) is 5.32 Å². The minimum atomic E-state index is -1.72. The van der Waals surface area contributed by atoms with Gasteiger partial charge in [0.25, 0.3) is 5.91 Å². The summed E-state index contributed by atoms with van der Waals surface area (Å²) in [6.07, 6.45) is -1.33. The number of amides is 3. The molecule has 2 rings (SSSR count). The number of nitrogens with one attached hydrogen (secondary N) is 3. The average Bonchev–Trinajstić information content (AvgIpc) is 2.72. The van der Waals surface area contributed by atoms with Crippen LogP contribution in [-0.4, -0.2) is 30.1 Å². The zero-order valence-electron chi connectivity index (χ0n) is 17.1. The Kier molecular flexibility index (Phi) is 8.00. The third-order valence-corrected chi connectivity index (χ3v) is 4.01. The molecule has 0 aliphatic rings. The summed E-state index contributed by atoms with van der Waals surface area (Å²) in [7, 11) is 0. The predicted molar refractivity (Wildman–Crippen MR) is 107 cm³/mol. The molecule has 2 aromatic carbocycles. The van der Waals surface area contributed by atoms with Crippen molar-refractivity contribution in [1.82, 2.24) is 10.6 Å². The van der Waals surface area contributed by atoms with Crippen molar-refractivity contribution in [3.05, 3.63) is 65.0 Å². The molecule has 0 heterocycles. The van der Waals surface area contributed by atoms with E-state index in [9.17, 15) is 27.6 Å². The highest BCUT2D eigenvalue weighted by molar-refractivity contribution is 5.97. The molecule has 0 bridgehead atoms. The lowest BCUT2D eigenvalue weighted by molar-refractivity contribution is -0.123. The fourth-order valence-electron chi connectivity index (χ4n) is 2.39. The normalized spacial score (nSPS) is 11.6. The quantitative estimate of drug-likeness (QED) is 0.456. The van der Waals surface area contributed by atoms with Gasteiger partial charge in [0.2, 0.25) is 0 Å². The molecule has 0 fully saturated rings. The summed E-state index contributed by atoms with van der Waals surface area (Å²) in [5.41, 5.74) is 0.300. The van der Waals surface area contributed by atoms with Gasteiger partial charge in [-0.15, -0.1) is 0 Å². The Morgan fingerprint density at radius 1 is 0.935 bits per heavy atom. The molecule has 166 valence electrons. The Balaban J connectivity index is 1.91. The van der Waals surface area contributed by atoms with Crippen molar-refractivity contribution >= 4 is 23.6 Å². The number of anilines is 1.